The van der Waals surface area contributed by atoms with Gasteiger partial charge < -0.3 is 10.4 Å². The summed E-state index contributed by atoms with van der Waals surface area (Å²) in [5.74, 6) is 0.0286. The van der Waals surface area contributed by atoms with E-state index in [-0.39, 0.29) is 17.9 Å². The van der Waals surface area contributed by atoms with Crippen molar-refractivity contribution >= 4 is 21.8 Å². The first kappa shape index (κ1) is 14.5. The minimum absolute atomic E-state index is 0.0286. The van der Waals surface area contributed by atoms with Gasteiger partial charge in [0.05, 0.1) is 13.0 Å². The smallest absolute Gasteiger partial charge is 0.224 e. The zero-order valence-electron chi connectivity index (χ0n) is 11.2. The number of aliphatic hydroxyl groups is 1. The molecule has 1 aliphatic carbocycles. The topological polar surface area (TPSA) is 49.3 Å². The monoisotopic (exact) mass is 325 g/mol. The number of aliphatic hydroxyl groups excluding tert-OH is 1. The summed E-state index contributed by atoms with van der Waals surface area (Å²) in [6, 6.07) is 5.90. The fourth-order valence-electron chi connectivity index (χ4n) is 2.43. The maximum absolute atomic E-state index is 12.0. The molecule has 0 atom stereocenters. The predicted octanol–water partition coefficient (Wildman–Crippen LogP) is 2.58. The molecule has 1 aliphatic rings. The molecule has 1 saturated carbocycles. The van der Waals surface area contributed by atoms with E-state index in [4.69, 9.17) is 0 Å². The van der Waals surface area contributed by atoms with E-state index >= 15 is 0 Å². The van der Waals surface area contributed by atoms with E-state index in [1.807, 2.05) is 25.1 Å². The first-order valence-electron chi connectivity index (χ1n) is 6.68. The Morgan fingerprint density at radius 2 is 2.21 bits per heavy atom. The number of hydrogen-bond donors (Lipinski definition) is 2. The number of hydrogen-bond acceptors (Lipinski definition) is 2. The minimum Gasteiger partial charge on any atom is -0.396 e. The van der Waals surface area contributed by atoms with Gasteiger partial charge in [-0.25, -0.2) is 0 Å². The van der Waals surface area contributed by atoms with Crippen molar-refractivity contribution in [1.29, 1.82) is 0 Å². The number of benzene rings is 1. The van der Waals surface area contributed by atoms with Crippen molar-refractivity contribution in [2.24, 2.45) is 5.41 Å². The maximum atomic E-state index is 12.0. The number of carbonyl (C=O) groups is 1. The highest BCUT2D eigenvalue weighted by atomic mass is 79.9. The molecule has 1 aromatic rings. The largest absolute Gasteiger partial charge is 0.396 e. The van der Waals surface area contributed by atoms with Crippen molar-refractivity contribution < 1.29 is 9.90 Å². The van der Waals surface area contributed by atoms with Gasteiger partial charge in [0.1, 0.15) is 0 Å². The Hall–Kier alpha value is -0.870. The van der Waals surface area contributed by atoms with Crippen LogP contribution in [-0.4, -0.2) is 24.2 Å². The van der Waals surface area contributed by atoms with E-state index in [1.165, 1.54) is 0 Å². The summed E-state index contributed by atoms with van der Waals surface area (Å²) >= 11 is 3.47. The summed E-state index contributed by atoms with van der Waals surface area (Å²) < 4.78 is 1.03. The van der Waals surface area contributed by atoms with Crippen LogP contribution < -0.4 is 5.32 Å². The molecule has 0 aliphatic heterocycles. The van der Waals surface area contributed by atoms with Crippen LogP contribution in [0.3, 0.4) is 0 Å². The summed E-state index contributed by atoms with van der Waals surface area (Å²) in [6.45, 7) is 2.77. The van der Waals surface area contributed by atoms with Crippen LogP contribution in [0.2, 0.25) is 0 Å². The molecule has 0 aromatic heterocycles. The number of halogens is 1. The van der Waals surface area contributed by atoms with Gasteiger partial charge in [0.25, 0.3) is 0 Å². The number of rotatable bonds is 5. The van der Waals surface area contributed by atoms with Gasteiger partial charge in [-0.15, -0.1) is 0 Å². The highest BCUT2D eigenvalue weighted by molar-refractivity contribution is 9.10. The fourth-order valence-corrected chi connectivity index (χ4v) is 2.84. The van der Waals surface area contributed by atoms with Crippen LogP contribution >= 0.6 is 15.9 Å². The Bertz CT molecular complexity index is 464. The number of amides is 1. The summed E-state index contributed by atoms with van der Waals surface area (Å²) in [7, 11) is 0. The zero-order chi connectivity index (χ0) is 13.9. The van der Waals surface area contributed by atoms with Crippen LogP contribution in [0.1, 0.15) is 30.4 Å². The molecule has 19 heavy (non-hydrogen) atoms. The normalized spacial score (nSPS) is 16.8. The summed E-state index contributed by atoms with van der Waals surface area (Å²) in [4.78, 5) is 12.0. The van der Waals surface area contributed by atoms with Crippen molar-refractivity contribution in [3.05, 3.63) is 33.8 Å². The Morgan fingerprint density at radius 1 is 1.47 bits per heavy atom. The van der Waals surface area contributed by atoms with E-state index in [0.29, 0.717) is 13.0 Å². The van der Waals surface area contributed by atoms with Crippen LogP contribution in [0.15, 0.2) is 22.7 Å². The third-order valence-corrected chi connectivity index (χ3v) is 5.00. The molecule has 0 bridgehead atoms. The zero-order valence-corrected chi connectivity index (χ0v) is 12.8. The van der Waals surface area contributed by atoms with E-state index in [0.717, 1.165) is 34.9 Å². The van der Waals surface area contributed by atoms with Crippen LogP contribution in [0.5, 0.6) is 0 Å². The SMILES string of the molecule is Cc1c(Br)cccc1CC(=O)NCC1(CO)CCC1. The molecule has 2 rings (SSSR count). The fraction of sp³-hybridized carbons (Fsp3) is 0.533. The van der Waals surface area contributed by atoms with Crippen LogP contribution in [0.4, 0.5) is 0 Å². The lowest BCUT2D eigenvalue weighted by molar-refractivity contribution is -0.121. The van der Waals surface area contributed by atoms with Gasteiger partial charge in [0.2, 0.25) is 5.91 Å². The van der Waals surface area contributed by atoms with Crippen molar-refractivity contribution in [3.8, 4) is 0 Å². The highest BCUT2D eigenvalue weighted by Crippen LogP contribution is 2.39. The van der Waals surface area contributed by atoms with Crippen molar-refractivity contribution in [1.82, 2.24) is 5.32 Å². The van der Waals surface area contributed by atoms with Crippen LogP contribution in [0.25, 0.3) is 0 Å². The van der Waals surface area contributed by atoms with E-state index in [9.17, 15) is 9.90 Å². The molecule has 3 nitrogen and oxygen atoms in total. The van der Waals surface area contributed by atoms with E-state index in [2.05, 4.69) is 21.2 Å². The minimum atomic E-state index is -0.0536. The average molecular weight is 326 g/mol. The Morgan fingerprint density at radius 3 is 2.79 bits per heavy atom. The van der Waals surface area contributed by atoms with Crippen molar-refractivity contribution in [2.45, 2.75) is 32.6 Å². The lowest BCUT2D eigenvalue weighted by Crippen LogP contribution is -2.45. The first-order valence-corrected chi connectivity index (χ1v) is 7.47. The summed E-state index contributed by atoms with van der Waals surface area (Å²) in [6.07, 6.45) is 3.58. The number of carbonyl (C=O) groups excluding carboxylic acids is 1. The molecule has 1 amide bonds. The Labute approximate surface area is 122 Å². The molecule has 0 spiro atoms. The Balaban J connectivity index is 1.89. The van der Waals surface area contributed by atoms with Crippen LogP contribution in [-0.2, 0) is 11.2 Å². The Kier molecular flexibility index (Phi) is 4.63. The summed E-state index contributed by atoms with van der Waals surface area (Å²) in [5.41, 5.74) is 2.10. The lowest BCUT2D eigenvalue weighted by Gasteiger charge is -2.40. The standard InChI is InChI=1S/C15H20BrNO2/c1-11-12(4-2-5-13(11)16)8-14(19)17-9-15(10-18)6-3-7-15/h2,4-5,18H,3,6-10H2,1H3,(H,17,19). The third kappa shape index (κ3) is 3.37. The first-order chi connectivity index (χ1) is 9.06. The number of nitrogens with one attached hydrogen (secondary N) is 1. The van der Waals surface area contributed by atoms with Gasteiger partial charge in [-0.3, -0.25) is 4.79 Å². The van der Waals surface area contributed by atoms with Gasteiger partial charge in [-0.2, -0.15) is 0 Å². The molecule has 104 valence electrons. The highest BCUT2D eigenvalue weighted by Gasteiger charge is 2.36. The van der Waals surface area contributed by atoms with Crippen molar-refractivity contribution in [2.75, 3.05) is 13.2 Å². The molecule has 0 saturated heterocycles. The molecular weight excluding hydrogens is 306 g/mol. The second kappa shape index (κ2) is 6.06. The van der Waals surface area contributed by atoms with Crippen molar-refractivity contribution in [3.63, 3.8) is 0 Å². The average Bonchev–Trinajstić information content (AvgIpc) is 2.34. The molecular formula is C15H20BrNO2. The van der Waals surface area contributed by atoms with Gasteiger partial charge in [-0.05, 0) is 37.0 Å². The van der Waals surface area contributed by atoms with Gasteiger partial charge in [0.15, 0.2) is 0 Å². The molecule has 1 fully saturated rings. The molecule has 0 unspecified atom stereocenters. The summed E-state index contributed by atoms with van der Waals surface area (Å²) in [5, 5.41) is 12.3. The molecule has 4 heteroatoms. The lowest BCUT2D eigenvalue weighted by atomic mass is 9.69. The predicted molar refractivity (Wildman–Crippen MR) is 79.0 cm³/mol. The van der Waals surface area contributed by atoms with E-state index < -0.39 is 0 Å². The molecule has 1 aromatic carbocycles. The van der Waals surface area contributed by atoms with Gasteiger partial charge in [-0.1, -0.05) is 34.5 Å². The second-order valence-electron chi connectivity index (χ2n) is 5.49. The van der Waals surface area contributed by atoms with Crippen LogP contribution in [0, 0.1) is 12.3 Å². The molecule has 0 radical (unpaired) electrons. The van der Waals surface area contributed by atoms with Gasteiger partial charge in [0, 0.05) is 16.4 Å². The van der Waals surface area contributed by atoms with E-state index in [1.54, 1.807) is 0 Å². The maximum Gasteiger partial charge on any atom is 0.224 e. The molecule has 0 heterocycles. The second-order valence-corrected chi connectivity index (χ2v) is 6.34. The third-order valence-electron chi connectivity index (χ3n) is 4.14. The molecule has 2 N–H and O–H groups in total. The quantitative estimate of drug-likeness (QED) is 0.874. The van der Waals surface area contributed by atoms with Gasteiger partial charge >= 0.3 is 0 Å².